The Labute approximate surface area is 126 Å². The number of hydrogen-bond acceptors (Lipinski definition) is 2. The highest BCUT2D eigenvalue weighted by atomic mass is 35.5. The summed E-state index contributed by atoms with van der Waals surface area (Å²) in [5.41, 5.74) is 0.929. The summed E-state index contributed by atoms with van der Waals surface area (Å²) in [5.74, 6) is 1.68. The molecule has 0 heterocycles. The molecule has 0 amide bonds. The summed E-state index contributed by atoms with van der Waals surface area (Å²) in [4.78, 5) is 0. The maximum absolute atomic E-state index is 6.19. The molecule has 1 aromatic carbocycles. The van der Waals surface area contributed by atoms with E-state index in [4.69, 9.17) is 32.7 Å². The normalized spacial score (nSPS) is 10.5. The molecule has 0 aliphatic rings. The van der Waals surface area contributed by atoms with Crippen LogP contribution < -0.4 is 9.47 Å². The van der Waals surface area contributed by atoms with Crippen molar-refractivity contribution in [2.45, 2.75) is 44.9 Å². The molecule has 4 heteroatoms. The second kappa shape index (κ2) is 9.33. The Morgan fingerprint density at radius 3 is 2.47 bits per heavy atom. The topological polar surface area (TPSA) is 18.5 Å². The summed E-state index contributed by atoms with van der Waals surface area (Å²) in [6, 6.07) is 3.69. The van der Waals surface area contributed by atoms with E-state index in [2.05, 4.69) is 6.92 Å². The largest absolute Gasteiger partial charge is 0.493 e. The summed E-state index contributed by atoms with van der Waals surface area (Å²) in [7, 11) is 1.61. The third-order valence-corrected chi connectivity index (χ3v) is 3.53. The second-order valence-corrected chi connectivity index (χ2v) is 5.18. The van der Waals surface area contributed by atoms with Crippen molar-refractivity contribution in [2.24, 2.45) is 0 Å². The fraction of sp³-hybridized carbons (Fsp3) is 0.600. The molecule has 0 aliphatic carbocycles. The van der Waals surface area contributed by atoms with E-state index in [1.54, 1.807) is 7.11 Å². The maximum Gasteiger partial charge on any atom is 0.179 e. The van der Waals surface area contributed by atoms with Gasteiger partial charge in [-0.05, 0) is 24.1 Å². The SMILES string of the molecule is CCCCCCCOc1c(Cl)cc(CCl)cc1OC. The average Bonchev–Trinajstić information content (AvgIpc) is 2.43. The molecule has 0 aromatic heterocycles. The van der Waals surface area contributed by atoms with Crippen LogP contribution in [0.5, 0.6) is 11.5 Å². The maximum atomic E-state index is 6.19. The lowest BCUT2D eigenvalue weighted by Crippen LogP contribution is -2.00. The van der Waals surface area contributed by atoms with Gasteiger partial charge >= 0.3 is 0 Å². The Morgan fingerprint density at radius 1 is 1.11 bits per heavy atom. The number of benzene rings is 1. The molecule has 0 radical (unpaired) electrons. The summed E-state index contributed by atoms with van der Waals surface area (Å²) in [5, 5.41) is 0.559. The second-order valence-electron chi connectivity index (χ2n) is 4.51. The van der Waals surface area contributed by atoms with Crippen molar-refractivity contribution in [3.05, 3.63) is 22.7 Å². The van der Waals surface area contributed by atoms with Gasteiger partial charge in [-0.25, -0.2) is 0 Å². The average molecular weight is 305 g/mol. The van der Waals surface area contributed by atoms with E-state index < -0.39 is 0 Å². The van der Waals surface area contributed by atoms with Gasteiger partial charge in [0.05, 0.1) is 18.7 Å². The first-order valence-electron chi connectivity index (χ1n) is 6.78. The highest BCUT2D eigenvalue weighted by molar-refractivity contribution is 6.32. The van der Waals surface area contributed by atoms with Gasteiger partial charge in [-0.2, -0.15) is 0 Å². The van der Waals surface area contributed by atoms with Gasteiger partial charge in [0.1, 0.15) is 0 Å². The van der Waals surface area contributed by atoms with Crippen LogP contribution in [0.4, 0.5) is 0 Å². The minimum absolute atomic E-state index is 0.410. The Kier molecular flexibility index (Phi) is 8.08. The quantitative estimate of drug-likeness (QED) is 0.447. The molecular weight excluding hydrogens is 283 g/mol. The van der Waals surface area contributed by atoms with Gasteiger partial charge in [-0.15, -0.1) is 11.6 Å². The van der Waals surface area contributed by atoms with Crippen molar-refractivity contribution in [2.75, 3.05) is 13.7 Å². The van der Waals surface area contributed by atoms with E-state index in [-0.39, 0.29) is 0 Å². The first-order chi connectivity index (χ1) is 9.22. The Balaban J connectivity index is 2.52. The van der Waals surface area contributed by atoms with Crippen LogP contribution in [0.25, 0.3) is 0 Å². The van der Waals surface area contributed by atoms with Crippen LogP contribution in [0.15, 0.2) is 12.1 Å². The number of rotatable bonds is 9. The predicted octanol–water partition coefficient (Wildman–Crippen LogP) is 5.44. The fourth-order valence-electron chi connectivity index (χ4n) is 1.87. The first kappa shape index (κ1) is 16.5. The van der Waals surface area contributed by atoms with Crippen molar-refractivity contribution in [3.63, 3.8) is 0 Å². The number of unbranched alkanes of at least 4 members (excludes halogenated alkanes) is 4. The standard InChI is InChI=1S/C15H22Cl2O2/c1-3-4-5-6-7-8-19-15-13(17)9-12(11-16)10-14(15)18-2/h9-10H,3-8,11H2,1-2H3. The molecule has 0 bridgehead atoms. The van der Waals surface area contributed by atoms with E-state index in [0.29, 0.717) is 29.0 Å². The first-order valence-corrected chi connectivity index (χ1v) is 7.69. The van der Waals surface area contributed by atoms with Crippen LogP contribution in [0.1, 0.15) is 44.6 Å². The van der Waals surface area contributed by atoms with E-state index in [1.165, 1.54) is 25.7 Å². The molecule has 1 aromatic rings. The number of hydrogen-bond donors (Lipinski definition) is 0. The smallest absolute Gasteiger partial charge is 0.179 e. The van der Waals surface area contributed by atoms with Crippen molar-refractivity contribution in [3.8, 4) is 11.5 Å². The molecule has 0 spiro atoms. The Morgan fingerprint density at radius 2 is 1.84 bits per heavy atom. The van der Waals surface area contributed by atoms with Crippen LogP contribution in [0.3, 0.4) is 0 Å². The minimum Gasteiger partial charge on any atom is -0.493 e. The Hall–Kier alpha value is -0.600. The van der Waals surface area contributed by atoms with Gasteiger partial charge in [-0.3, -0.25) is 0 Å². The molecule has 0 unspecified atom stereocenters. The fourth-order valence-corrected chi connectivity index (χ4v) is 2.31. The van der Waals surface area contributed by atoms with E-state index in [1.807, 2.05) is 12.1 Å². The Bertz CT molecular complexity index is 381. The van der Waals surface area contributed by atoms with Gasteiger partial charge in [-0.1, -0.05) is 44.2 Å². The van der Waals surface area contributed by atoms with Gasteiger partial charge in [0.15, 0.2) is 11.5 Å². The lowest BCUT2D eigenvalue weighted by atomic mass is 10.2. The van der Waals surface area contributed by atoms with Crippen LogP contribution in [0.2, 0.25) is 5.02 Å². The summed E-state index contributed by atoms with van der Waals surface area (Å²) >= 11 is 12.0. The lowest BCUT2D eigenvalue weighted by molar-refractivity contribution is 0.285. The van der Waals surface area contributed by atoms with Crippen LogP contribution in [-0.4, -0.2) is 13.7 Å². The van der Waals surface area contributed by atoms with Crippen molar-refractivity contribution in [1.82, 2.24) is 0 Å². The van der Waals surface area contributed by atoms with Crippen LogP contribution >= 0.6 is 23.2 Å². The number of halogens is 2. The number of ether oxygens (including phenoxy) is 2. The molecule has 19 heavy (non-hydrogen) atoms. The van der Waals surface area contributed by atoms with Crippen molar-refractivity contribution < 1.29 is 9.47 Å². The zero-order chi connectivity index (χ0) is 14.1. The van der Waals surface area contributed by atoms with E-state index in [0.717, 1.165) is 12.0 Å². The van der Waals surface area contributed by atoms with Gasteiger partial charge in [0.2, 0.25) is 0 Å². The third kappa shape index (κ3) is 5.50. The van der Waals surface area contributed by atoms with E-state index >= 15 is 0 Å². The van der Waals surface area contributed by atoms with Crippen LogP contribution in [-0.2, 0) is 5.88 Å². The molecule has 2 nitrogen and oxygen atoms in total. The highest BCUT2D eigenvalue weighted by Gasteiger charge is 2.11. The summed E-state index contributed by atoms with van der Waals surface area (Å²) in [6.45, 7) is 2.87. The zero-order valence-electron chi connectivity index (χ0n) is 11.7. The molecule has 1 rings (SSSR count). The van der Waals surface area contributed by atoms with Crippen LogP contribution in [0, 0.1) is 0 Å². The molecular formula is C15H22Cl2O2. The lowest BCUT2D eigenvalue weighted by Gasteiger charge is -2.13. The summed E-state index contributed by atoms with van der Waals surface area (Å²) < 4.78 is 11.0. The monoisotopic (exact) mass is 304 g/mol. The molecule has 0 saturated carbocycles. The molecule has 108 valence electrons. The third-order valence-electron chi connectivity index (χ3n) is 2.94. The van der Waals surface area contributed by atoms with E-state index in [9.17, 15) is 0 Å². The predicted molar refractivity (Wildman–Crippen MR) is 81.8 cm³/mol. The minimum atomic E-state index is 0.410. The zero-order valence-corrected chi connectivity index (χ0v) is 13.2. The molecule has 0 fully saturated rings. The van der Waals surface area contributed by atoms with Gasteiger partial charge in [0.25, 0.3) is 0 Å². The van der Waals surface area contributed by atoms with Crippen molar-refractivity contribution in [1.29, 1.82) is 0 Å². The van der Waals surface area contributed by atoms with Gasteiger partial charge in [0, 0.05) is 5.88 Å². The molecule has 0 N–H and O–H groups in total. The number of alkyl halides is 1. The molecule has 0 saturated heterocycles. The van der Waals surface area contributed by atoms with Gasteiger partial charge < -0.3 is 9.47 Å². The molecule has 0 atom stereocenters. The highest BCUT2D eigenvalue weighted by Crippen LogP contribution is 2.36. The summed E-state index contributed by atoms with van der Waals surface area (Å²) in [6.07, 6.45) is 6.02. The number of methoxy groups -OCH3 is 1. The molecule has 0 aliphatic heterocycles. The van der Waals surface area contributed by atoms with Crippen molar-refractivity contribution >= 4 is 23.2 Å².